The van der Waals surface area contributed by atoms with E-state index in [-0.39, 0.29) is 0 Å². The molecule has 0 aliphatic rings. The van der Waals surface area contributed by atoms with Gasteiger partial charge in [-0.15, -0.1) is 10.2 Å². The van der Waals surface area contributed by atoms with E-state index in [2.05, 4.69) is 10.2 Å². The number of aryl methyl sites for hydroxylation is 1. The van der Waals surface area contributed by atoms with Gasteiger partial charge in [0.05, 0.1) is 5.41 Å². The van der Waals surface area contributed by atoms with Crippen LogP contribution in [-0.2, 0) is 11.8 Å². The van der Waals surface area contributed by atoms with Gasteiger partial charge in [-0.2, -0.15) is 0 Å². The molecule has 0 bridgehead atoms. The number of rotatable bonds is 7. The van der Waals surface area contributed by atoms with Crippen LogP contribution in [0.15, 0.2) is 5.16 Å². The van der Waals surface area contributed by atoms with Gasteiger partial charge in [0.15, 0.2) is 5.16 Å². The second-order valence-electron chi connectivity index (χ2n) is 5.08. The average molecular weight is 271 g/mol. The quantitative estimate of drug-likeness (QED) is 0.609. The molecule has 0 radical (unpaired) electrons. The van der Waals surface area contributed by atoms with Crippen LogP contribution in [0.5, 0.6) is 0 Å². The summed E-state index contributed by atoms with van der Waals surface area (Å²) < 4.78 is 1.96. The largest absolute Gasteiger partial charge is 0.481 e. The number of carboxylic acid groups (broad SMARTS) is 1. The van der Waals surface area contributed by atoms with Crippen LogP contribution >= 0.6 is 11.8 Å². The standard InChI is InChI=1S/C12H21N3O2S/c1-9-13-14-11(15(9)4)18-8-6-5-7-12(2,3)10(16)17/h5-8H2,1-4H3,(H,16,17). The van der Waals surface area contributed by atoms with E-state index in [0.29, 0.717) is 6.42 Å². The third kappa shape index (κ3) is 4.01. The molecule has 1 aromatic heterocycles. The van der Waals surface area contributed by atoms with Crippen LogP contribution in [0, 0.1) is 12.3 Å². The smallest absolute Gasteiger partial charge is 0.309 e. The number of aliphatic carboxylic acids is 1. The van der Waals surface area contributed by atoms with Crippen molar-refractivity contribution in [2.75, 3.05) is 5.75 Å². The Hall–Kier alpha value is -1.04. The van der Waals surface area contributed by atoms with Gasteiger partial charge >= 0.3 is 5.97 Å². The zero-order chi connectivity index (χ0) is 13.8. The first-order valence-electron chi connectivity index (χ1n) is 6.07. The molecule has 0 fully saturated rings. The molecule has 6 heteroatoms. The molecule has 18 heavy (non-hydrogen) atoms. The van der Waals surface area contributed by atoms with Gasteiger partial charge in [-0.1, -0.05) is 18.2 Å². The van der Waals surface area contributed by atoms with Crippen LogP contribution in [0.4, 0.5) is 0 Å². The number of thioether (sulfide) groups is 1. The third-order valence-electron chi connectivity index (χ3n) is 3.06. The Morgan fingerprint density at radius 3 is 2.56 bits per heavy atom. The molecule has 0 spiro atoms. The lowest BCUT2D eigenvalue weighted by molar-refractivity contribution is -0.147. The minimum atomic E-state index is -0.723. The van der Waals surface area contributed by atoms with Gasteiger partial charge in [-0.3, -0.25) is 4.79 Å². The summed E-state index contributed by atoms with van der Waals surface area (Å²) in [6, 6.07) is 0. The van der Waals surface area contributed by atoms with E-state index in [1.165, 1.54) is 0 Å². The van der Waals surface area contributed by atoms with Crippen LogP contribution in [0.25, 0.3) is 0 Å². The highest BCUT2D eigenvalue weighted by atomic mass is 32.2. The second-order valence-corrected chi connectivity index (χ2v) is 6.15. The summed E-state index contributed by atoms with van der Waals surface area (Å²) in [5.74, 6) is 1.13. The van der Waals surface area contributed by atoms with Gasteiger partial charge in [-0.25, -0.2) is 0 Å². The van der Waals surface area contributed by atoms with Crippen molar-refractivity contribution in [3.8, 4) is 0 Å². The normalized spacial score (nSPS) is 11.8. The van der Waals surface area contributed by atoms with Crippen molar-refractivity contribution in [3.05, 3.63) is 5.82 Å². The highest BCUT2D eigenvalue weighted by Gasteiger charge is 2.25. The molecule has 0 aromatic carbocycles. The van der Waals surface area contributed by atoms with Gasteiger partial charge in [-0.05, 0) is 33.6 Å². The van der Waals surface area contributed by atoms with Crippen molar-refractivity contribution in [1.82, 2.24) is 14.8 Å². The summed E-state index contributed by atoms with van der Waals surface area (Å²) in [5.41, 5.74) is -0.619. The molecule has 0 aliphatic heterocycles. The topological polar surface area (TPSA) is 68.0 Å². The summed E-state index contributed by atoms with van der Waals surface area (Å²) in [6.07, 6.45) is 2.62. The number of hydrogen-bond donors (Lipinski definition) is 1. The molecule has 0 atom stereocenters. The molecular formula is C12H21N3O2S. The summed E-state index contributed by atoms with van der Waals surface area (Å²) in [4.78, 5) is 10.9. The van der Waals surface area contributed by atoms with Crippen LogP contribution in [0.3, 0.4) is 0 Å². The minimum Gasteiger partial charge on any atom is -0.481 e. The molecule has 1 N–H and O–H groups in total. The van der Waals surface area contributed by atoms with Gasteiger partial charge < -0.3 is 9.67 Å². The molecule has 0 saturated heterocycles. The Morgan fingerprint density at radius 2 is 2.06 bits per heavy atom. The van der Waals surface area contributed by atoms with Crippen molar-refractivity contribution < 1.29 is 9.90 Å². The predicted octanol–water partition coefficient (Wildman–Crippen LogP) is 2.50. The van der Waals surface area contributed by atoms with Crippen LogP contribution in [-0.4, -0.2) is 31.6 Å². The molecule has 1 heterocycles. The molecule has 5 nitrogen and oxygen atoms in total. The molecule has 1 rings (SSSR count). The van der Waals surface area contributed by atoms with Gasteiger partial charge in [0.25, 0.3) is 0 Å². The fourth-order valence-electron chi connectivity index (χ4n) is 1.45. The lowest BCUT2D eigenvalue weighted by Gasteiger charge is -2.18. The highest BCUT2D eigenvalue weighted by Crippen LogP contribution is 2.25. The first kappa shape index (κ1) is 15.0. The predicted molar refractivity (Wildman–Crippen MR) is 71.7 cm³/mol. The summed E-state index contributed by atoms with van der Waals surface area (Å²) in [7, 11) is 1.95. The van der Waals surface area contributed by atoms with E-state index in [4.69, 9.17) is 5.11 Å². The van der Waals surface area contributed by atoms with Gasteiger partial charge in [0, 0.05) is 12.8 Å². The van der Waals surface area contributed by atoms with E-state index >= 15 is 0 Å². The fourth-order valence-corrected chi connectivity index (χ4v) is 2.41. The number of hydrogen-bond acceptors (Lipinski definition) is 4. The molecule has 0 saturated carbocycles. The van der Waals surface area contributed by atoms with E-state index < -0.39 is 11.4 Å². The molecule has 102 valence electrons. The zero-order valence-electron chi connectivity index (χ0n) is 11.4. The van der Waals surface area contributed by atoms with E-state index in [1.807, 2.05) is 18.5 Å². The van der Waals surface area contributed by atoms with Crippen LogP contribution < -0.4 is 0 Å². The number of unbranched alkanes of at least 4 members (excludes halogenated alkanes) is 1. The van der Waals surface area contributed by atoms with E-state index in [0.717, 1.165) is 29.6 Å². The zero-order valence-corrected chi connectivity index (χ0v) is 12.3. The average Bonchev–Trinajstić information content (AvgIpc) is 2.60. The molecule has 0 amide bonds. The molecule has 0 unspecified atom stereocenters. The third-order valence-corrected chi connectivity index (χ3v) is 4.17. The monoisotopic (exact) mass is 271 g/mol. The number of nitrogens with zero attached hydrogens (tertiary/aromatic N) is 3. The molecule has 1 aromatic rings. The maximum atomic E-state index is 10.9. The highest BCUT2D eigenvalue weighted by molar-refractivity contribution is 7.99. The van der Waals surface area contributed by atoms with Gasteiger partial charge in [0.1, 0.15) is 5.82 Å². The fraction of sp³-hybridized carbons (Fsp3) is 0.750. The van der Waals surface area contributed by atoms with Crippen molar-refractivity contribution >= 4 is 17.7 Å². The lowest BCUT2D eigenvalue weighted by atomic mass is 9.88. The van der Waals surface area contributed by atoms with Crippen LogP contribution in [0.2, 0.25) is 0 Å². The van der Waals surface area contributed by atoms with Gasteiger partial charge in [0.2, 0.25) is 0 Å². The summed E-state index contributed by atoms with van der Waals surface area (Å²) in [6.45, 7) is 5.47. The van der Waals surface area contributed by atoms with E-state index in [9.17, 15) is 4.79 Å². The Morgan fingerprint density at radius 1 is 1.39 bits per heavy atom. The summed E-state index contributed by atoms with van der Waals surface area (Å²) >= 11 is 1.67. The number of carboxylic acids is 1. The maximum Gasteiger partial charge on any atom is 0.309 e. The van der Waals surface area contributed by atoms with Crippen molar-refractivity contribution in [1.29, 1.82) is 0 Å². The number of carbonyl (C=O) groups is 1. The maximum absolute atomic E-state index is 10.9. The second kappa shape index (κ2) is 6.22. The first-order chi connectivity index (χ1) is 8.34. The Kier molecular flexibility index (Phi) is 5.19. The van der Waals surface area contributed by atoms with Crippen molar-refractivity contribution in [3.63, 3.8) is 0 Å². The Labute approximate surface area is 112 Å². The Bertz CT molecular complexity index is 415. The van der Waals surface area contributed by atoms with Crippen molar-refractivity contribution in [2.24, 2.45) is 12.5 Å². The minimum absolute atomic E-state index is 0.619. The van der Waals surface area contributed by atoms with E-state index in [1.54, 1.807) is 25.6 Å². The SMILES string of the molecule is Cc1nnc(SCCCCC(C)(C)C(=O)O)n1C. The van der Waals surface area contributed by atoms with Crippen molar-refractivity contribution in [2.45, 2.75) is 45.2 Å². The molecule has 0 aliphatic carbocycles. The Balaban J connectivity index is 2.24. The molecular weight excluding hydrogens is 250 g/mol. The number of aromatic nitrogens is 3. The summed E-state index contributed by atoms with van der Waals surface area (Å²) in [5, 5.41) is 18.0. The first-order valence-corrected chi connectivity index (χ1v) is 7.05. The lowest BCUT2D eigenvalue weighted by Crippen LogP contribution is -2.23. The van der Waals surface area contributed by atoms with Crippen LogP contribution in [0.1, 0.15) is 38.9 Å².